The van der Waals surface area contributed by atoms with Gasteiger partial charge in [-0.05, 0) is 32.8 Å². The molecule has 3 nitrogen and oxygen atoms in total. The normalized spacial score (nSPS) is 20.3. The summed E-state index contributed by atoms with van der Waals surface area (Å²) < 4.78 is 5.38. The minimum atomic E-state index is -0.0972. The van der Waals surface area contributed by atoms with Gasteiger partial charge in [0.1, 0.15) is 12.6 Å². The maximum absolute atomic E-state index is 12.0. The van der Waals surface area contributed by atoms with Crippen LogP contribution in [0.4, 0.5) is 0 Å². The zero-order chi connectivity index (χ0) is 13.2. The molecule has 0 aromatic heterocycles. The standard InChI is InChI=1S/C15H21NO2/c1-15(2,3)16-10-9-13(16)14(17)18-11-12-7-5-4-6-8-12/h4-8,13H,9-11H2,1-3H3. The number of hydrogen-bond acceptors (Lipinski definition) is 3. The lowest BCUT2D eigenvalue weighted by Gasteiger charge is -2.47. The maximum Gasteiger partial charge on any atom is 0.323 e. The van der Waals surface area contributed by atoms with Crippen molar-refractivity contribution in [3.05, 3.63) is 35.9 Å². The molecule has 0 saturated carbocycles. The molecule has 2 rings (SSSR count). The van der Waals surface area contributed by atoms with Gasteiger partial charge in [0, 0.05) is 12.1 Å². The van der Waals surface area contributed by atoms with E-state index in [1.54, 1.807) is 0 Å². The first kappa shape index (κ1) is 13.1. The third kappa shape index (κ3) is 2.91. The largest absolute Gasteiger partial charge is 0.460 e. The monoisotopic (exact) mass is 247 g/mol. The third-order valence-corrected chi connectivity index (χ3v) is 3.38. The predicted molar refractivity (Wildman–Crippen MR) is 71.1 cm³/mol. The summed E-state index contributed by atoms with van der Waals surface area (Å²) in [5.74, 6) is -0.0972. The van der Waals surface area contributed by atoms with Crippen LogP contribution in [0.15, 0.2) is 30.3 Å². The van der Waals surface area contributed by atoms with Crippen molar-refractivity contribution in [2.45, 2.75) is 45.4 Å². The van der Waals surface area contributed by atoms with Gasteiger partial charge in [-0.3, -0.25) is 9.69 Å². The molecular weight excluding hydrogens is 226 g/mol. The summed E-state index contributed by atoms with van der Waals surface area (Å²) in [7, 11) is 0. The highest BCUT2D eigenvalue weighted by atomic mass is 16.5. The summed E-state index contributed by atoms with van der Waals surface area (Å²) in [6.07, 6.45) is 0.908. The summed E-state index contributed by atoms with van der Waals surface area (Å²) in [5.41, 5.74) is 1.07. The molecule has 1 heterocycles. The van der Waals surface area contributed by atoms with Gasteiger partial charge in [-0.1, -0.05) is 30.3 Å². The Balaban J connectivity index is 1.86. The van der Waals surface area contributed by atoms with E-state index in [1.165, 1.54) is 0 Å². The number of carbonyl (C=O) groups is 1. The molecule has 0 aliphatic carbocycles. The topological polar surface area (TPSA) is 29.5 Å². The van der Waals surface area contributed by atoms with Crippen molar-refractivity contribution in [1.82, 2.24) is 4.90 Å². The van der Waals surface area contributed by atoms with Crippen molar-refractivity contribution in [1.29, 1.82) is 0 Å². The summed E-state index contributed by atoms with van der Waals surface area (Å²) >= 11 is 0. The number of rotatable bonds is 3. The number of esters is 1. The van der Waals surface area contributed by atoms with E-state index in [2.05, 4.69) is 25.7 Å². The van der Waals surface area contributed by atoms with Crippen molar-refractivity contribution in [2.75, 3.05) is 6.54 Å². The molecule has 1 unspecified atom stereocenters. The second kappa shape index (κ2) is 5.11. The highest BCUT2D eigenvalue weighted by Gasteiger charge is 2.41. The van der Waals surface area contributed by atoms with E-state index in [1.807, 2.05) is 30.3 Å². The van der Waals surface area contributed by atoms with Gasteiger partial charge in [0.05, 0.1) is 0 Å². The molecule has 18 heavy (non-hydrogen) atoms. The minimum absolute atomic E-state index is 0.0364. The van der Waals surface area contributed by atoms with Crippen LogP contribution in [-0.2, 0) is 16.1 Å². The van der Waals surface area contributed by atoms with E-state index in [9.17, 15) is 4.79 Å². The fourth-order valence-corrected chi connectivity index (χ4v) is 2.26. The summed E-state index contributed by atoms with van der Waals surface area (Å²) in [4.78, 5) is 14.2. The number of carbonyl (C=O) groups excluding carboxylic acids is 1. The van der Waals surface area contributed by atoms with Gasteiger partial charge >= 0.3 is 5.97 Å². The molecule has 0 amide bonds. The van der Waals surface area contributed by atoms with Crippen molar-refractivity contribution in [3.8, 4) is 0 Å². The highest BCUT2D eigenvalue weighted by molar-refractivity contribution is 5.77. The lowest BCUT2D eigenvalue weighted by Crippen LogP contribution is -2.60. The van der Waals surface area contributed by atoms with Crippen molar-refractivity contribution in [3.63, 3.8) is 0 Å². The third-order valence-electron chi connectivity index (χ3n) is 3.38. The van der Waals surface area contributed by atoms with E-state index in [-0.39, 0.29) is 17.6 Å². The Bertz CT molecular complexity index is 408. The summed E-state index contributed by atoms with van der Waals surface area (Å²) in [5, 5.41) is 0. The molecule has 0 bridgehead atoms. The lowest BCUT2D eigenvalue weighted by atomic mass is 9.93. The molecule has 0 spiro atoms. The second-order valence-electron chi connectivity index (χ2n) is 5.76. The Kier molecular flexibility index (Phi) is 3.71. The van der Waals surface area contributed by atoms with Gasteiger partial charge < -0.3 is 4.74 Å². The lowest BCUT2D eigenvalue weighted by molar-refractivity contribution is -0.160. The molecule has 98 valence electrons. The van der Waals surface area contributed by atoms with Crippen LogP contribution in [0.25, 0.3) is 0 Å². The number of benzene rings is 1. The van der Waals surface area contributed by atoms with E-state index in [0.717, 1.165) is 18.5 Å². The van der Waals surface area contributed by atoms with E-state index >= 15 is 0 Å². The average Bonchev–Trinajstić information content (AvgIpc) is 2.24. The van der Waals surface area contributed by atoms with E-state index in [0.29, 0.717) is 6.61 Å². The van der Waals surface area contributed by atoms with E-state index < -0.39 is 0 Å². The number of ether oxygens (including phenoxy) is 1. The van der Waals surface area contributed by atoms with E-state index in [4.69, 9.17) is 4.74 Å². The Hall–Kier alpha value is -1.35. The molecule has 1 aromatic carbocycles. The molecule has 1 saturated heterocycles. The fraction of sp³-hybridized carbons (Fsp3) is 0.533. The molecular formula is C15H21NO2. The van der Waals surface area contributed by atoms with Crippen LogP contribution in [-0.4, -0.2) is 29.0 Å². The number of hydrogen-bond donors (Lipinski definition) is 0. The van der Waals surface area contributed by atoms with Crippen molar-refractivity contribution < 1.29 is 9.53 Å². The Morgan fingerprint density at radius 1 is 1.33 bits per heavy atom. The van der Waals surface area contributed by atoms with Gasteiger partial charge in [0.15, 0.2) is 0 Å². The zero-order valence-electron chi connectivity index (χ0n) is 11.3. The predicted octanol–water partition coefficient (Wildman–Crippen LogP) is 2.60. The maximum atomic E-state index is 12.0. The van der Waals surface area contributed by atoms with Crippen LogP contribution in [0.1, 0.15) is 32.8 Å². The minimum Gasteiger partial charge on any atom is -0.460 e. The zero-order valence-corrected chi connectivity index (χ0v) is 11.3. The second-order valence-corrected chi connectivity index (χ2v) is 5.76. The smallest absolute Gasteiger partial charge is 0.323 e. The summed E-state index contributed by atoms with van der Waals surface area (Å²) in [6, 6.07) is 9.74. The SMILES string of the molecule is CC(C)(C)N1CCC1C(=O)OCc1ccccc1. The molecule has 1 fully saturated rings. The Morgan fingerprint density at radius 3 is 2.50 bits per heavy atom. The Labute approximate surface area is 109 Å². The molecule has 3 heteroatoms. The van der Waals surface area contributed by atoms with Crippen molar-refractivity contribution in [2.24, 2.45) is 0 Å². The van der Waals surface area contributed by atoms with Gasteiger partial charge in [-0.15, -0.1) is 0 Å². The summed E-state index contributed by atoms with van der Waals surface area (Å²) in [6.45, 7) is 7.74. The van der Waals surface area contributed by atoms with Gasteiger partial charge in [-0.25, -0.2) is 0 Å². The number of nitrogens with zero attached hydrogens (tertiary/aromatic N) is 1. The van der Waals surface area contributed by atoms with Crippen LogP contribution < -0.4 is 0 Å². The van der Waals surface area contributed by atoms with Crippen molar-refractivity contribution >= 4 is 5.97 Å². The Morgan fingerprint density at radius 2 is 2.00 bits per heavy atom. The van der Waals surface area contributed by atoms with Crippen LogP contribution >= 0.6 is 0 Å². The average molecular weight is 247 g/mol. The van der Waals surface area contributed by atoms with Gasteiger partial charge in [0.2, 0.25) is 0 Å². The molecule has 0 radical (unpaired) electrons. The molecule has 1 atom stereocenters. The van der Waals surface area contributed by atoms with Gasteiger partial charge in [0.25, 0.3) is 0 Å². The fourth-order valence-electron chi connectivity index (χ4n) is 2.26. The molecule has 1 aliphatic rings. The van der Waals surface area contributed by atoms with Crippen LogP contribution in [0, 0.1) is 0 Å². The first-order valence-corrected chi connectivity index (χ1v) is 6.46. The molecule has 1 aliphatic heterocycles. The first-order valence-electron chi connectivity index (χ1n) is 6.46. The van der Waals surface area contributed by atoms with Crippen LogP contribution in [0.3, 0.4) is 0 Å². The first-order chi connectivity index (χ1) is 8.48. The number of likely N-dealkylation sites (tertiary alicyclic amines) is 1. The van der Waals surface area contributed by atoms with Crippen LogP contribution in [0.5, 0.6) is 0 Å². The molecule has 0 N–H and O–H groups in total. The van der Waals surface area contributed by atoms with Crippen LogP contribution in [0.2, 0.25) is 0 Å². The van der Waals surface area contributed by atoms with Gasteiger partial charge in [-0.2, -0.15) is 0 Å². The highest BCUT2D eigenvalue weighted by Crippen LogP contribution is 2.28. The molecule has 1 aromatic rings. The quantitative estimate of drug-likeness (QED) is 0.769.